The maximum atomic E-state index is 6.92. The van der Waals surface area contributed by atoms with Gasteiger partial charge in [-0.15, -0.1) is 0 Å². The van der Waals surface area contributed by atoms with Crippen molar-refractivity contribution in [1.82, 2.24) is 10.2 Å². The Morgan fingerprint density at radius 2 is 0.699 bits per heavy atom. The molecule has 7 nitrogen and oxygen atoms in total. The van der Waals surface area contributed by atoms with Crippen LogP contribution < -0.4 is 20.6 Å². The predicted octanol–water partition coefficient (Wildman–Crippen LogP) is 27.2. The average Bonchev–Trinajstić information content (AvgIpc) is 1.73. The molecule has 2 aromatic heterocycles. The summed E-state index contributed by atoms with van der Waals surface area (Å²) in [7, 11) is -0.882. The second-order valence-corrected chi connectivity index (χ2v) is 40.7. The summed E-state index contributed by atoms with van der Waals surface area (Å²) in [5, 5.41) is 20.4. The number of halogens is 1. The predicted molar refractivity (Wildman–Crippen MR) is 454 cm³/mol. The third kappa shape index (κ3) is 20.1. The van der Waals surface area contributed by atoms with E-state index in [2.05, 4.69) is 260 Å². The van der Waals surface area contributed by atoms with Gasteiger partial charge in [0.2, 0.25) is 0 Å². The van der Waals surface area contributed by atoms with E-state index in [0.717, 1.165) is 66.2 Å². The Balaban J connectivity index is 0.000000183. The minimum atomic E-state index is -1.53. The number of benzene rings is 10. The Morgan fingerprint density at radius 1 is 0.408 bits per heavy atom. The molecule has 0 amide bonds. The van der Waals surface area contributed by atoms with Gasteiger partial charge in [0.25, 0.3) is 0 Å². The zero-order chi connectivity index (χ0) is 70.2. The first-order valence-electron chi connectivity index (χ1n) is 37.6. The average molecular weight is 1560 g/mol. The van der Waals surface area contributed by atoms with Crippen molar-refractivity contribution in [2.24, 2.45) is 11.8 Å². The summed E-state index contributed by atoms with van der Waals surface area (Å²) in [5.41, 5.74) is 4.96. The summed E-state index contributed by atoms with van der Waals surface area (Å²) in [6, 6.07) is 74.0. The number of rotatable bonds is 12. The van der Waals surface area contributed by atoms with Crippen LogP contribution in [0.5, 0.6) is 0 Å². The van der Waals surface area contributed by atoms with Crippen LogP contribution in [-0.2, 0) is 34.1 Å². The maximum Gasteiger partial charge on any atom is 0.327 e. The van der Waals surface area contributed by atoms with Gasteiger partial charge in [-0.1, -0.05) is 250 Å². The van der Waals surface area contributed by atoms with Crippen LogP contribution in [0.25, 0.3) is 87.0 Å². The zero-order valence-electron chi connectivity index (χ0n) is 62.4. The third-order valence-electron chi connectivity index (χ3n) is 22.7. The fraction of sp³-hybridized carbons (Fsp3) is 0.416. The van der Waals surface area contributed by atoms with E-state index in [4.69, 9.17) is 28.0 Å². The first kappa shape index (κ1) is 83.7. The first-order valence-corrected chi connectivity index (χ1v) is 46.3. The summed E-state index contributed by atoms with van der Waals surface area (Å²) in [5.74, 6) is 1.46. The van der Waals surface area contributed by atoms with E-state index in [0.29, 0.717) is 23.7 Å². The van der Waals surface area contributed by atoms with Crippen LogP contribution in [0.4, 0.5) is 0 Å². The zero-order valence-corrected chi connectivity index (χ0v) is 69.0. The Labute approximate surface area is 646 Å². The Morgan fingerprint density at radius 3 is 1.01 bits per heavy atom. The van der Waals surface area contributed by atoms with E-state index in [9.17, 15) is 0 Å². The summed E-state index contributed by atoms with van der Waals surface area (Å²) in [6.45, 7) is 25.0. The maximum absolute atomic E-state index is 6.92. The monoisotopic (exact) mass is 1560 g/mol. The van der Waals surface area contributed by atoms with Crippen molar-refractivity contribution in [3.05, 3.63) is 206 Å². The van der Waals surface area contributed by atoms with Crippen LogP contribution in [0, 0.1) is 11.8 Å². The van der Waals surface area contributed by atoms with Crippen molar-refractivity contribution >= 4 is 139 Å². The molecule has 0 bridgehead atoms. The Kier molecular flexibility index (Phi) is 32.8. The van der Waals surface area contributed by atoms with Crippen molar-refractivity contribution in [1.29, 1.82) is 0 Å². The van der Waals surface area contributed by atoms with Gasteiger partial charge in [0.1, 0.15) is 22.3 Å². The van der Waals surface area contributed by atoms with Crippen LogP contribution in [0.2, 0.25) is 0 Å². The van der Waals surface area contributed by atoms with Gasteiger partial charge in [0, 0.05) is 112 Å². The number of hydrogen-bond donors (Lipinski definition) is 1. The Hall–Kier alpha value is -4.89. The number of hydrogen-bond acceptors (Lipinski definition) is 7. The number of nitrogens with zero attached hydrogens (tertiary/aromatic N) is 2. The fourth-order valence-electron chi connectivity index (χ4n) is 16.6. The van der Waals surface area contributed by atoms with E-state index >= 15 is 0 Å². The normalized spacial score (nSPS) is 17.7. The molecule has 552 valence electrons. The van der Waals surface area contributed by atoms with E-state index in [1.807, 2.05) is 36.4 Å². The first-order chi connectivity index (χ1) is 48.7. The standard InChI is InChI=1S/C36H38NO2P2.C20H12ClO2P.C16H27NP.C6H15N.2C5H10.CH4.2Fe/c1-25(29-19-12-20-34(29)41(3,4)28-15-6-5-7-16-28)37(2)40-38-32-23-21-26-13-8-10-17-30(26)35(32)36-31-18-11-9-14-27(31)22-24-33(36)39-40;21-24-22-17-11-9-13-5-1-3-7-15(13)19(17)20-16-8-4-2-6-14(16)10-12-18(20)23-24;1-13(17-2)15-11-8-12-16(15)18(3,4)14-9-6-5-7-10-14;1-4-7(5-2)6-3;2*1-2-4-5-3-1;;;/h5-11,13-18,21-25,29,34H,12,19-20H2,1-4H3;1-12H;5-7,9-10,13,15-17H,8,11-12H2,1-4H3;4-6H2,1-3H3;2*1-5H2;1H4;;/q+1;;+1;;;;;;/t25-,29?,34?;;13-,15?,16?;;;;;;/m1.1....../s1. The van der Waals surface area contributed by atoms with Crippen molar-refractivity contribution in [2.75, 3.05) is 65.1 Å². The van der Waals surface area contributed by atoms with Crippen LogP contribution in [0.3, 0.4) is 0 Å². The molecule has 0 saturated heterocycles. The van der Waals surface area contributed by atoms with Gasteiger partial charge < -0.3 is 27.0 Å². The molecule has 10 aromatic carbocycles. The summed E-state index contributed by atoms with van der Waals surface area (Å²) < 4.78 is 28.1. The quantitative estimate of drug-likeness (QED) is 0.0965. The molecular weight excluding hydrogens is 1450 g/mol. The molecule has 4 aliphatic rings. The molecule has 4 fully saturated rings. The molecule has 6 atom stereocenters. The summed E-state index contributed by atoms with van der Waals surface area (Å²) in [4.78, 5) is 2.38. The molecule has 4 saturated carbocycles. The van der Waals surface area contributed by atoms with E-state index < -0.39 is 30.1 Å². The minimum Gasteiger partial charge on any atom is -0.408 e. The molecule has 12 aromatic rings. The fourth-order valence-corrected chi connectivity index (χ4v) is 26.1. The van der Waals surface area contributed by atoms with Gasteiger partial charge in [-0.25, -0.2) is 4.67 Å². The van der Waals surface area contributed by atoms with Crippen molar-refractivity contribution in [3.63, 3.8) is 0 Å². The van der Waals surface area contributed by atoms with Crippen LogP contribution in [0.1, 0.15) is 145 Å². The number of nitrogens with one attached hydrogen (secondary N) is 1. The van der Waals surface area contributed by atoms with Crippen molar-refractivity contribution in [3.8, 4) is 0 Å². The molecule has 14 heteroatoms. The third-order valence-corrected chi connectivity index (χ3v) is 33.3. The van der Waals surface area contributed by atoms with E-state index in [-0.39, 0.29) is 41.6 Å². The summed E-state index contributed by atoms with van der Waals surface area (Å²) >= 11 is 6.30. The van der Waals surface area contributed by atoms with Crippen molar-refractivity contribution in [2.45, 2.75) is 168 Å². The smallest absolute Gasteiger partial charge is 0.327 e. The van der Waals surface area contributed by atoms with Crippen LogP contribution >= 0.6 is 41.3 Å². The SMILES string of the molecule is C.C1CCCC1.C1CCCC1.CCN(CC)CC.CN[C@H](C)C1CCCC1[P+](C)(C)c1ccccc1.C[C@H](C1CCCC1[P+](C)(C)c1ccccc1)N(C)p1oc2ccc3ccccc3c2c2c(ccc3ccccc32)o1.Clp1oc2ccc3ccccc3c2c2c(ccc3ccccc32)o1.[Fe].[Fe]. The van der Waals surface area contributed by atoms with Gasteiger partial charge in [0.05, 0.1) is 48.6 Å². The molecular formula is C89H116ClFe2N3O4P4+2. The second-order valence-electron chi connectivity index (χ2n) is 29.1. The van der Waals surface area contributed by atoms with Gasteiger partial charge >= 0.3 is 15.5 Å². The van der Waals surface area contributed by atoms with E-state index in [1.165, 1.54) is 155 Å². The van der Waals surface area contributed by atoms with Gasteiger partial charge in [-0.2, -0.15) is 0 Å². The van der Waals surface area contributed by atoms with Crippen LogP contribution in [0.15, 0.2) is 223 Å². The van der Waals surface area contributed by atoms with Gasteiger partial charge in [-0.3, -0.25) is 0 Å². The minimum absolute atomic E-state index is 0. The molecule has 1 N–H and O–H groups in total. The molecule has 4 aliphatic carbocycles. The van der Waals surface area contributed by atoms with E-state index in [1.54, 1.807) is 10.6 Å². The van der Waals surface area contributed by atoms with Crippen molar-refractivity contribution < 1.29 is 50.9 Å². The molecule has 0 radical (unpaired) electrons. The topological polar surface area (TPSA) is 71.1 Å². The second kappa shape index (κ2) is 40.3. The molecule has 4 unspecified atom stereocenters. The molecule has 0 spiro atoms. The molecule has 0 aliphatic heterocycles. The molecule has 103 heavy (non-hydrogen) atoms. The molecule has 2 heterocycles. The number of fused-ring (bicyclic) bond motifs is 14. The van der Waals surface area contributed by atoms with Gasteiger partial charge in [-0.05, 0) is 171 Å². The molecule has 16 rings (SSSR count). The van der Waals surface area contributed by atoms with Crippen LogP contribution in [-0.4, -0.2) is 88.7 Å². The van der Waals surface area contributed by atoms with Gasteiger partial charge in [0.15, 0.2) is 0 Å². The largest absolute Gasteiger partial charge is 0.408 e. The Bertz CT molecular complexity index is 4450. The summed E-state index contributed by atoms with van der Waals surface area (Å²) in [6.07, 6.45) is 23.1.